The summed E-state index contributed by atoms with van der Waals surface area (Å²) in [6, 6.07) is 0. The highest BCUT2D eigenvalue weighted by Gasteiger charge is 2.74. The monoisotopic (exact) mass is 338 g/mol. The third-order valence-corrected chi connectivity index (χ3v) is 7.27. The molecule has 4 saturated carbocycles. The molecule has 8 nitrogen and oxygen atoms in total. The van der Waals surface area contributed by atoms with Crippen molar-refractivity contribution in [2.45, 2.75) is 12.8 Å². The highest BCUT2D eigenvalue weighted by Crippen LogP contribution is 2.72. The van der Waals surface area contributed by atoms with Crippen molar-refractivity contribution in [3.8, 4) is 0 Å². The summed E-state index contributed by atoms with van der Waals surface area (Å²) in [6.07, 6.45) is 0.907. The molecule has 4 N–H and O–H groups in total. The molecule has 0 heterocycles. The molecule has 0 amide bonds. The largest absolute Gasteiger partial charge is 0.481 e. The Hall–Kier alpha value is -2.12. The fourth-order valence-corrected chi connectivity index (χ4v) is 6.99. The lowest BCUT2D eigenvalue weighted by Crippen LogP contribution is -2.50. The van der Waals surface area contributed by atoms with E-state index in [2.05, 4.69) is 0 Å². The van der Waals surface area contributed by atoms with Gasteiger partial charge in [0, 0.05) is 0 Å². The van der Waals surface area contributed by atoms with Gasteiger partial charge in [-0.25, -0.2) is 0 Å². The summed E-state index contributed by atoms with van der Waals surface area (Å²) in [4.78, 5) is 46.5. The number of aliphatic carboxylic acids is 4. The fraction of sp³-hybridized carbons (Fsp3) is 0.750. The predicted molar refractivity (Wildman–Crippen MR) is 74.7 cm³/mol. The Morgan fingerprint density at radius 1 is 0.500 bits per heavy atom. The first-order chi connectivity index (χ1) is 11.3. The molecular weight excluding hydrogens is 320 g/mol. The van der Waals surface area contributed by atoms with Crippen LogP contribution in [0.25, 0.3) is 0 Å². The number of carbonyl (C=O) groups is 4. The average molecular weight is 338 g/mol. The molecule has 130 valence electrons. The summed E-state index contributed by atoms with van der Waals surface area (Å²) in [5, 5.41) is 37.9. The van der Waals surface area contributed by atoms with Gasteiger partial charge < -0.3 is 20.4 Å². The maximum absolute atomic E-state index is 11.6. The van der Waals surface area contributed by atoms with Crippen LogP contribution in [0.3, 0.4) is 0 Å². The Kier molecular flexibility index (Phi) is 3.02. The van der Waals surface area contributed by atoms with Gasteiger partial charge in [0.1, 0.15) is 0 Å². The molecular formula is C16H18O8. The first-order valence-corrected chi connectivity index (χ1v) is 8.17. The Labute approximate surface area is 136 Å². The van der Waals surface area contributed by atoms with E-state index in [0.717, 1.165) is 0 Å². The molecule has 0 saturated heterocycles. The number of carboxylic acid groups (broad SMARTS) is 4. The van der Waals surface area contributed by atoms with Crippen LogP contribution in [0.15, 0.2) is 0 Å². The molecule has 8 unspecified atom stereocenters. The zero-order valence-corrected chi connectivity index (χ0v) is 12.6. The van der Waals surface area contributed by atoms with Gasteiger partial charge in [0.25, 0.3) is 0 Å². The van der Waals surface area contributed by atoms with Gasteiger partial charge in [-0.05, 0) is 48.3 Å². The lowest BCUT2D eigenvalue weighted by molar-refractivity contribution is -0.167. The van der Waals surface area contributed by atoms with E-state index < -0.39 is 47.5 Å². The molecule has 8 atom stereocenters. The molecule has 0 spiro atoms. The third kappa shape index (κ3) is 1.63. The molecule has 0 aromatic carbocycles. The number of hydrogen-bond donors (Lipinski definition) is 4. The first-order valence-electron chi connectivity index (χ1n) is 8.17. The van der Waals surface area contributed by atoms with Crippen molar-refractivity contribution in [2.75, 3.05) is 0 Å². The lowest BCUT2D eigenvalue weighted by atomic mass is 9.58. The molecule has 4 rings (SSSR count). The summed E-state index contributed by atoms with van der Waals surface area (Å²) in [5.74, 6) is -10.3. The minimum Gasteiger partial charge on any atom is -0.481 e. The second-order valence-corrected chi connectivity index (χ2v) is 7.74. The van der Waals surface area contributed by atoms with E-state index in [0.29, 0.717) is 12.8 Å². The van der Waals surface area contributed by atoms with Gasteiger partial charge in [0.15, 0.2) is 0 Å². The molecule has 4 fully saturated rings. The fourth-order valence-electron chi connectivity index (χ4n) is 6.99. The number of rotatable bonds is 4. The molecule has 0 aliphatic heterocycles. The molecule has 0 radical (unpaired) electrons. The second kappa shape index (κ2) is 4.70. The van der Waals surface area contributed by atoms with Gasteiger partial charge in [-0.1, -0.05) is 0 Å². The number of carboxylic acids is 4. The van der Waals surface area contributed by atoms with Crippen LogP contribution in [-0.4, -0.2) is 44.3 Å². The van der Waals surface area contributed by atoms with E-state index in [4.69, 9.17) is 0 Å². The van der Waals surface area contributed by atoms with Gasteiger partial charge in [-0.3, -0.25) is 19.2 Å². The normalized spacial score (nSPS) is 50.7. The second-order valence-electron chi connectivity index (χ2n) is 7.74. The maximum atomic E-state index is 11.6. The zero-order chi connectivity index (χ0) is 17.5. The number of hydrogen-bond acceptors (Lipinski definition) is 4. The van der Waals surface area contributed by atoms with Crippen LogP contribution >= 0.6 is 0 Å². The third-order valence-electron chi connectivity index (χ3n) is 7.27. The number of fused-ring (bicyclic) bond motifs is 9. The summed E-state index contributed by atoms with van der Waals surface area (Å²) in [6.45, 7) is 0. The molecule has 4 aliphatic carbocycles. The predicted octanol–water partition coefficient (Wildman–Crippen LogP) is 0.321. The minimum atomic E-state index is -1.14. The highest BCUT2D eigenvalue weighted by molar-refractivity contribution is 5.84. The van der Waals surface area contributed by atoms with Crippen LogP contribution < -0.4 is 0 Å². The van der Waals surface area contributed by atoms with Crippen molar-refractivity contribution in [2.24, 2.45) is 59.2 Å². The summed E-state index contributed by atoms with van der Waals surface area (Å²) >= 11 is 0. The van der Waals surface area contributed by atoms with E-state index in [1.807, 2.05) is 0 Å². The van der Waals surface area contributed by atoms with Crippen molar-refractivity contribution >= 4 is 23.9 Å². The molecule has 24 heavy (non-hydrogen) atoms. The summed E-state index contributed by atoms with van der Waals surface area (Å²) < 4.78 is 0. The first kappa shape index (κ1) is 15.4. The van der Waals surface area contributed by atoms with Crippen molar-refractivity contribution < 1.29 is 39.6 Å². The standard InChI is InChI=1S/C16H18O8/c17-13(18)9-3-1-4(10(9)14(19)20)8-6-2-5(7(3)8)11(15(21)22)12(6)16(23)24/h3-12H,1-2H2,(H,17,18)(H,19,20)(H,21,22)(H,23,24). The molecule has 8 heteroatoms. The minimum absolute atomic E-state index is 0.173. The Balaban J connectivity index is 1.75. The van der Waals surface area contributed by atoms with Crippen LogP contribution in [0.2, 0.25) is 0 Å². The topological polar surface area (TPSA) is 149 Å². The highest BCUT2D eigenvalue weighted by atomic mass is 16.4. The van der Waals surface area contributed by atoms with Gasteiger partial charge in [-0.2, -0.15) is 0 Å². The summed E-state index contributed by atoms with van der Waals surface area (Å²) in [7, 11) is 0. The quantitative estimate of drug-likeness (QED) is 0.535. The zero-order valence-electron chi connectivity index (χ0n) is 12.6. The van der Waals surface area contributed by atoms with Crippen LogP contribution in [0, 0.1) is 59.2 Å². The van der Waals surface area contributed by atoms with E-state index in [9.17, 15) is 39.6 Å². The van der Waals surface area contributed by atoms with Gasteiger partial charge >= 0.3 is 23.9 Å². The van der Waals surface area contributed by atoms with E-state index in [1.165, 1.54) is 0 Å². The van der Waals surface area contributed by atoms with Crippen LogP contribution in [-0.2, 0) is 19.2 Å². The van der Waals surface area contributed by atoms with Crippen LogP contribution in [0.5, 0.6) is 0 Å². The Morgan fingerprint density at radius 2 is 0.708 bits per heavy atom. The smallest absolute Gasteiger partial charge is 0.307 e. The molecule has 4 aliphatic rings. The SMILES string of the molecule is O=C(O)C1C2CC(C1C(=O)O)C1C3CC(C(C(=O)O)C3C(=O)O)C21. The molecule has 0 aromatic heterocycles. The maximum Gasteiger partial charge on any atom is 0.307 e. The van der Waals surface area contributed by atoms with Crippen LogP contribution in [0.4, 0.5) is 0 Å². The van der Waals surface area contributed by atoms with Crippen molar-refractivity contribution in [3.63, 3.8) is 0 Å². The average Bonchev–Trinajstić information content (AvgIpc) is 3.20. The van der Waals surface area contributed by atoms with E-state index in [1.54, 1.807) is 0 Å². The van der Waals surface area contributed by atoms with Crippen molar-refractivity contribution in [1.82, 2.24) is 0 Å². The molecule has 4 bridgehead atoms. The van der Waals surface area contributed by atoms with Gasteiger partial charge in [0.2, 0.25) is 0 Å². The molecule has 0 aromatic rings. The van der Waals surface area contributed by atoms with E-state index >= 15 is 0 Å². The van der Waals surface area contributed by atoms with Crippen molar-refractivity contribution in [3.05, 3.63) is 0 Å². The van der Waals surface area contributed by atoms with E-state index in [-0.39, 0.29) is 35.5 Å². The van der Waals surface area contributed by atoms with Gasteiger partial charge in [0.05, 0.1) is 23.7 Å². The lowest BCUT2D eigenvalue weighted by Gasteiger charge is -2.43. The van der Waals surface area contributed by atoms with Gasteiger partial charge in [-0.15, -0.1) is 0 Å². The Morgan fingerprint density at radius 3 is 0.875 bits per heavy atom. The van der Waals surface area contributed by atoms with Crippen molar-refractivity contribution in [1.29, 1.82) is 0 Å². The van der Waals surface area contributed by atoms with Crippen LogP contribution in [0.1, 0.15) is 12.8 Å². The Bertz CT molecular complexity index is 548. The summed E-state index contributed by atoms with van der Waals surface area (Å²) in [5.41, 5.74) is 0.